The van der Waals surface area contributed by atoms with Gasteiger partial charge in [-0.05, 0) is 43.5 Å². The summed E-state index contributed by atoms with van der Waals surface area (Å²) in [6, 6.07) is 6.78. The van der Waals surface area contributed by atoms with Gasteiger partial charge in [0.2, 0.25) is 5.16 Å². The smallest absolute Gasteiger partial charge is 0.251 e. The molecule has 0 aliphatic rings. The molecule has 1 aromatic carbocycles. The van der Waals surface area contributed by atoms with Crippen LogP contribution in [0.15, 0.2) is 46.6 Å². The standard InChI is InChI=1S/C18H17Cl2N5O3S2/c1-10(22-17(26)11-6-13(20)8-14(7-11)30(3,27)28)16-23-18(29-2)24-25(16)15-5-4-12(19)9-21-15/h4-10H,1-3H3,(H,22,26)/t10-/m0/s1. The van der Waals surface area contributed by atoms with Gasteiger partial charge in [0.25, 0.3) is 5.91 Å². The Labute approximate surface area is 187 Å². The number of hydrogen-bond acceptors (Lipinski definition) is 7. The number of nitrogens with zero attached hydrogens (tertiary/aromatic N) is 4. The van der Waals surface area contributed by atoms with Gasteiger partial charge in [-0.1, -0.05) is 35.0 Å². The summed E-state index contributed by atoms with van der Waals surface area (Å²) in [6.45, 7) is 1.74. The Balaban J connectivity index is 1.92. The van der Waals surface area contributed by atoms with Crippen LogP contribution >= 0.6 is 35.0 Å². The molecular weight excluding hydrogens is 469 g/mol. The van der Waals surface area contributed by atoms with Crippen molar-refractivity contribution < 1.29 is 13.2 Å². The number of thioether (sulfide) groups is 1. The summed E-state index contributed by atoms with van der Waals surface area (Å²) in [5.41, 5.74) is 0.121. The fourth-order valence-electron chi connectivity index (χ4n) is 2.59. The van der Waals surface area contributed by atoms with E-state index in [-0.39, 0.29) is 15.5 Å². The molecule has 8 nitrogen and oxygen atoms in total. The van der Waals surface area contributed by atoms with Crippen LogP contribution in [0.5, 0.6) is 0 Å². The van der Waals surface area contributed by atoms with Gasteiger partial charge < -0.3 is 5.32 Å². The second kappa shape index (κ2) is 8.93. The van der Waals surface area contributed by atoms with Gasteiger partial charge in [-0.25, -0.2) is 18.4 Å². The topological polar surface area (TPSA) is 107 Å². The predicted octanol–water partition coefficient (Wildman–Crippen LogP) is 3.59. The molecule has 0 spiro atoms. The maximum Gasteiger partial charge on any atom is 0.251 e. The van der Waals surface area contributed by atoms with Crippen LogP contribution in [0.25, 0.3) is 5.82 Å². The van der Waals surface area contributed by atoms with E-state index in [9.17, 15) is 13.2 Å². The lowest BCUT2D eigenvalue weighted by Gasteiger charge is -2.15. The third kappa shape index (κ3) is 5.12. The van der Waals surface area contributed by atoms with Gasteiger partial charge >= 0.3 is 0 Å². The summed E-state index contributed by atoms with van der Waals surface area (Å²) >= 11 is 13.3. The highest BCUT2D eigenvalue weighted by molar-refractivity contribution is 7.98. The van der Waals surface area contributed by atoms with E-state index in [0.717, 1.165) is 6.26 Å². The average molecular weight is 486 g/mol. The third-order valence-corrected chi connectivity index (χ3v) is 6.09. The Kier molecular flexibility index (Phi) is 6.71. The van der Waals surface area contributed by atoms with E-state index in [1.54, 1.807) is 19.1 Å². The van der Waals surface area contributed by atoms with Crippen molar-refractivity contribution in [2.24, 2.45) is 0 Å². The van der Waals surface area contributed by atoms with Crippen LogP contribution < -0.4 is 5.32 Å². The molecule has 0 saturated carbocycles. The average Bonchev–Trinajstić information content (AvgIpc) is 3.12. The Morgan fingerprint density at radius 1 is 1.20 bits per heavy atom. The Bertz CT molecular complexity index is 1200. The van der Waals surface area contributed by atoms with Crippen molar-refractivity contribution in [3.8, 4) is 5.82 Å². The summed E-state index contributed by atoms with van der Waals surface area (Å²) in [7, 11) is -3.52. The van der Waals surface area contributed by atoms with Crippen LogP contribution in [0.1, 0.15) is 29.1 Å². The number of pyridine rings is 1. The molecule has 2 heterocycles. The maximum atomic E-state index is 12.8. The molecule has 12 heteroatoms. The van der Waals surface area contributed by atoms with Crippen LogP contribution in [-0.2, 0) is 9.84 Å². The summed E-state index contributed by atoms with van der Waals surface area (Å²) in [5, 5.41) is 8.33. The number of benzene rings is 1. The van der Waals surface area contributed by atoms with E-state index in [1.807, 2.05) is 6.26 Å². The third-order valence-electron chi connectivity index (χ3n) is 4.02. The first-order valence-electron chi connectivity index (χ1n) is 8.53. The molecule has 0 saturated heterocycles. The molecule has 0 radical (unpaired) electrons. The highest BCUT2D eigenvalue weighted by Crippen LogP contribution is 2.22. The minimum atomic E-state index is -3.52. The van der Waals surface area contributed by atoms with Gasteiger partial charge in [0.05, 0.1) is 16.0 Å². The Morgan fingerprint density at radius 2 is 1.93 bits per heavy atom. The molecule has 0 aliphatic carbocycles. The van der Waals surface area contributed by atoms with E-state index in [4.69, 9.17) is 23.2 Å². The fourth-order valence-corrected chi connectivity index (χ4v) is 4.03. The number of amides is 1. The molecule has 0 unspecified atom stereocenters. The van der Waals surface area contributed by atoms with E-state index in [0.29, 0.717) is 21.8 Å². The SMILES string of the molecule is CSc1nc([C@H](C)NC(=O)c2cc(Cl)cc(S(C)(=O)=O)c2)n(-c2ccc(Cl)cn2)n1. The van der Waals surface area contributed by atoms with Crippen LogP contribution in [0.2, 0.25) is 10.0 Å². The van der Waals surface area contributed by atoms with Gasteiger partial charge in [0, 0.05) is 23.0 Å². The van der Waals surface area contributed by atoms with Gasteiger partial charge in [0.15, 0.2) is 21.5 Å². The molecule has 0 aliphatic heterocycles. The first-order valence-corrected chi connectivity index (χ1v) is 12.4. The monoisotopic (exact) mass is 485 g/mol. The first kappa shape index (κ1) is 22.5. The largest absolute Gasteiger partial charge is 0.342 e. The number of hydrogen-bond donors (Lipinski definition) is 1. The molecule has 0 bridgehead atoms. The van der Waals surface area contributed by atoms with Crippen LogP contribution in [-0.4, -0.2) is 46.6 Å². The minimum absolute atomic E-state index is 0.0361. The number of carbonyl (C=O) groups excluding carboxylic acids is 1. The summed E-state index contributed by atoms with van der Waals surface area (Å²) in [6.07, 6.45) is 4.37. The lowest BCUT2D eigenvalue weighted by atomic mass is 10.2. The van der Waals surface area contributed by atoms with Crippen molar-refractivity contribution in [3.63, 3.8) is 0 Å². The zero-order chi connectivity index (χ0) is 22.1. The highest BCUT2D eigenvalue weighted by Gasteiger charge is 2.21. The summed E-state index contributed by atoms with van der Waals surface area (Å²) in [4.78, 5) is 21.4. The highest BCUT2D eigenvalue weighted by atomic mass is 35.5. The van der Waals surface area contributed by atoms with Gasteiger partial charge in [-0.15, -0.1) is 5.10 Å². The molecule has 1 atom stereocenters. The molecular formula is C18H17Cl2N5O3S2. The first-order chi connectivity index (χ1) is 14.1. The lowest BCUT2D eigenvalue weighted by Crippen LogP contribution is -2.29. The molecule has 3 rings (SSSR count). The van der Waals surface area contributed by atoms with Crippen LogP contribution in [0.4, 0.5) is 0 Å². The van der Waals surface area contributed by atoms with E-state index >= 15 is 0 Å². The van der Waals surface area contributed by atoms with Gasteiger partial charge in [-0.3, -0.25) is 4.79 Å². The van der Waals surface area contributed by atoms with E-state index in [1.165, 1.54) is 40.8 Å². The predicted molar refractivity (Wildman–Crippen MR) is 116 cm³/mol. The lowest BCUT2D eigenvalue weighted by molar-refractivity contribution is 0.0937. The Morgan fingerprint density at radius 3 is 2.53 bits per heavy atom. The molecule has 30 heavy (non-hydrogen) atoms. The van der Waals surface area contributed by atoms with Gasteiger partial charge in [0.1, 0.15) is 0 Å². The second-order valence-electron chi connectivity index (χ2n) is 6.35. The number of carbonyl (C=O) groups is 1. The van der Waals surface area contributed by atoms with Crippen molar-refractivity contribution in [1.82, 2.24) is 25.1 Å². The number of rotatable bonds is 6. The minimum Gasteiger partial charge on any atom is -0.342 e. The molecule has 1 amide bonds. The zero-order valence-corrected chi connectivity index (χ0v) is 19.3. The summed E-state index contributed by atoms with van der Waals surface area (Å²) < 4.78 is 25.2. The second-order valence-corrected chi connectivity index (χ2v) is 10.0. The van der Waals surface area contributed by atoms with Crippen molar-refractivity contribution in [2.45, 2.75) is 23.0 Å². The van der Waals surface area contributed by atoms with Crippen molar-refractivity contribution in [3.05, 3.63) is 58.0 Å². The van der Waals surface area contributed by atoms with Gasteiger partial charge in [-0.2, -0.15) is 4.68 Å². The quantitative estimate of drug-likeness (QED) is 0.531. The normalized spacial score (nSPS) is 12.6. The zero-order valence-electron chi connectivity index (χ0n) is 16.1. The van der Waals surface area contributed by atoms with Crippen molar-refractivity contribution in [1.29, 1.82) is 0 Å². The molecule has 3 aromatic rings. The number of aromatic nitrogens is 4. The molecule has 0 fully saturated rings. The maximum absolute atomic E-state index is 12.8. The molecule has 2 aromatic heterocycles. The fraction of sp³-hybridized carbons (Fsp3) is 0.222. The Hall–Kier alpha value is -2.14. The molecule has 1 N–H and O–H groups in total. The van der Waals surface area contributed by atoms with E-state index in [2.05, 4.69) is 20.4 Å². The van der Waals surface area contributed by atoms with Crippen molar-refractivity contribution in [2.75, 3.05) is 12.5 Å². The van der Waals surface area contributed by atoms with Crippen LogP contribution in [0, 0.1) is 0 Å². The number of halogens is 2. The van der Waals surface area contributed by atoms with E-state index < -0.39 is 21.8 Å². The molecule has 158 valence electrons. The number of nitrogens with one attached hydrogen (secondary N) is 1. The summed E-state index contributed by atoms with van der Waals surface area (Å²) in [5.74, 6) is 0.442. The van der Waals surface area contributed by atoms with Crippen LogP contribution in [0.3, 0.4) is 0 Å². The number of sulfone groups is 1. The van der Waals surface area contributed by atoms with Crippen molar-refractivity contribution >= 4 is 50.7 Å².